The predicted octanol–water partition coefficient (Wildman–Crippen LogP) is 3.77. The lowest BCUT2D eigenvalue weighted by atomic mass is 10.2. The summed E-state index contributed by atoms with van der Waals surface area (Å²) < 4.78 is 39.6. The molecule has 0 bridgehead atoms. The van der Waals surface area contributed by atoms with E-state index in [0.29, 0.717) is 5.69 Å². The highest BCUT2D eigenvalue weighted by atomic mass is 19.2. The van der Waals surface area contributed by atoms with Gasteiger partial charge in [0.1, 0.15) is 5.69 Å². The summed E-state index contributed by atoms with van der Waals surface area (Å²) in [6.45, 7) is 3.82. The number of aromatic nitrogens is 1. The van der Waals surface area contributed by atoms with Crippen molar-refractivity contribution in [2.75, 3.05) is 5.32 Å². The molecule has 0 aliphatic carbocycles. The summed E-state index contributed by atoms with van der Waals surface area (Å²) in [5.41, 5.74) is 0.333. The molecule has 4 nitrogen and oxygen atoms in total. The highest BCUT2D eigenvalue weighted by molar-refractivity contribution is 5.92. The average Bonchev–Trinajstić information content (AvgIpc) is 2.55. The summed E-state index contributed by atoms with van der Waals surface area (Å²) in [7, 11) is 0. The van der Waals surface area contributed by atoms with Crippen LogP contribution in [0.1, 0.15) is 30.8 Å². The number of rotatable bonds is 5. The minimum Gasteiger partial charge on any atom is -0.352 e. The largest absolute Gasteiger partial charge is 0.352 e. The Morgan fingerprint density at radius 3 is 2.52 bits per heavy atom. The molecule has 1 heterocycles. The van der Waals surface area contributed by atoms with Crippen molar-refractivity contribution in [2.24, 2.45) is 0 Å². The third kappa shape index (κ3) is 4.00. The van der Waals surface area contributed by atoms with Gasteiger partial charge in [-0.05, 0) is 37.6 Å². The van der Waals surface area contributed by atoms with E-state index in [0.717, 1.165) is 18.6 Å². The van der Waals surface area contributed by atoms with Crippen LogP contribution in [0.4, 0.5) is 24.5 Å². The molecule has 1 atom stereocenters. The van der Waals surface area contributed by atoms with Gasteiger partial charge in [-0.3, -0.25) is 4.79 Å². The van der Waals surface area contributed by atoms with Crippen molar-refractivity contribution >= 4 is 17.3 Å². The van der Waals surface area contributed by atoms with Crippen molar-refractivity contribution < 1.29 is 18.0 Å². The lowest BCUT2D eigenvalue weighted by Crippen LogP contribution is -2.32. The van der Waals surface area contributed by atoms with Crippen LogP contribution in [0.15, 0.2) is 30.5 Å². The van der Waals surface area contributed by atoms with Crippen molar-refractivity contribution in [1.82, 2.24) is 10.3 Å². The van der Waals surface area contributed by atoms with Gasteiger partial charge >= 0.3 is 0 Å². The quantitative estimate of drug-likeness (QED) is 0.824. The Bertz CT molecular complexity index is 704. The zero-order chi connectivity index (χ0) is 17.0. The van der Waals surface area contributed by atoms with E-state index in [2.05, 4.69) is 15.6 Å². The lowest BCUT2D eigenvalue weighted by Gasteiger charge is -2.11. The molecule has 0 saturated heterocycles. The maximum Gasteiger partial charge on any atom is 0.270 e. The number of carbonyl (C=O) groups excluding carboxylic acids is 1. The van der Waals surface area contributed by atoms with Crippen molar-refractivity contribution in [3.63, 3.8) is 0 Å². The maximum atomic E-state index is 13.6. The molecule has 1 aromatic heterocycles. The molecule has 0 radical (unpaired) electrons. The van der Waals surface area contributed by atoms with Gasteiger partial charge in [0.25, 0.3) is 5.91 Å². The van der Waals surface area contributed by atoms with E-state index in [-0.39, 0.29) is 23.3 Å². The fraction of sp³-hybridized carbons (Fsp3) is 0.250. The molecule has 1 aromatic carbocycles. The highest BCUT2D eigenvalue weighted by Crippen LogP contribution is 2.23. The Morgan fingerprint density at radius 1 is 1.17 bits per heavy atom. The van der Waals surface area contributed by atoms with E-state index in [1.165, 1.54) is 18.3 Å². The van der Waals surface area contributed by atoms with Crippen LogP contribution in [0.5, 0.6) is 0 Å². The number of pyridine rings is 1. The van der Waals surface area contributed by atoms with Gasteiger partial charge < -0.3 is 10.6 Å². The van der Waals surface area contributed by atoms with E-state index in [4.69, 9.17) is 0 Å². The number of hydrogen-bond acceptors (Lipinski definition) is 3. The third-order valence-corrected chi connectivity index (χ3v) is 3.30. The van der Waals surface area contributed by atoms with Gasteiger partial charge in [0.05, 0.1) is 17.6 Å². The molecule has 1 unspecified atom stereocenters. The molecular weight excluding hydrogens is 307 g/mol. The minimum absolute atomic E-state index is 0.0263. The summed E-state index contributed by atoms with van der Waals surface area (Å²) in [6, 6.07) is 4.88. The van der Waals surface area contributed by atoms with Gasteiger partial charge in [0.15, 0.2) is 17.5 Å². The van der Waals surface area contributed by atoms with Crippen LogP contribution in [0.25, 0.3) is 0 Å². The standard InChI is InChI=1S/C16H16F3N3O/c1-3-9(2)21-16(23)13-6-4-10(8-20-13)22-12-7-5-11(17)14(18)15(12)19/h4-9,22H,3H2,1-2H3,(H,21,23). The first kappa shape index (κ1) is 16.8. The van der Waals surface area contributed by atoms with E-state index in [1.807, 2.05) is 13.8 Å². The fourth-order valence-corrected chi connectivity index (χ4v) is 1.78. The van der Waals surface area contributed by atoms with Gasteiger partial charge in [-0.1, -0.05) is 6.92 Å². The summed E-state index contributed by atoms with van der Waals surface area (Å²) in [6.07, 6.45) is 2.10. The molecule has 7 heteroatoms. The zero-order valence-corrected chi connectivity index (χ0v) is 12.7. The number of nitrogens with one attached hydrogen (secondary N) is 2. The van der Waals surface area contributed by atoms with Crippen LogP contribution < -0.4 is 10.6 Å². The van der Waals surface area contributed by atoms with Gasteiger partial charge in [0, 0.05) is 6.04 Å². The molecule has 2 N–H and O–H groups in total. The molecule has 0 aliphatic heterocycles. The SMILES string of the molecule is CCC(C)NC(=O)c1ccc(Nc2ccc(F)c(F)c2F)cn1. The molecule has 23 heavy (non-hydrogen) atoms. The first-order chi connectivity index (χ1) is 10.9. The van der Waals surface area contributed by atoms with E-state index < -0.39 is 17.5 Å². The van der Waals surface area contributed by atoms with Crippen LogP contribution in [-0.2, 0) is 0 Å². The monoisotopic (exact) mass is 323 g/mol. The number of halogens is 3. The molecule has 0 fully saturated rings. The molecule has 1 amide bonds. The molecular formula is C16H16F3N3O. The maximum absolute atomic E-state index is 13.6. The van der Waals surface area contributed by atoms with E-state index in [9.17, 15) is 18.0 Å². The van der Waals surface area contributed by atoms with Gasteiger partial charge in [-0.25, -0.2) is 18.2 Å². The molecule has 2 rings (SSSR count). The van der Waals surface area contributed by atoms with Crippen molar-refractivity contribution in [2.45, 2.75) is 26.3 Å². The zero-order valence-electron chi connectivity index (χ0n) is 12.7. The molecule has 122 valence electrons. The minimum atomic E-state index is -1.55. The van der Waals surface area contributed by atoms with Crippen LogP contribution in [0.3, 0.4) is 0 Å². The highest BCUT2D eigenvalue weighted by Gasteiger charge is 2.14. The summed E-state index contributed by atoms with van der Waals surface area (Å²) >= 11 is 0. The molecule has 2 aromatic rings. The van der Waals surface area contributed by atoms with Crippen LogP contribution in [0, 0.1) is 17.5 Å². The van der Waals surface area contributed by atoms with Crippen molar-refractivity contribution in [3.05, 3.63) is 53.6 Å². The molecule has 0 spiro atoms. The van der Waals surface area contributed by atoms with Crippen molar-refractivity contribution in [3.8, 4) is 0 Å². The molecule has 0 saturated carbocycles. The number of hydrogen-bond donors (Lipinski definition) is 2. The fourth-order valence-electron chi connectivity index (χ4n) is 1.78. The average molecular weight is 323 g/mol. The first-order valence-electron chi connectivity index (χ1n) is 7.09. The third-order valence-electron chi connectivity index (χ3n) is 3.30. The Hall–Kier alpha value is -2.57. The normalized spacial score (nSPS) is 11.9. The smallest absolute Gasteiger partial charge is 0.270 e. The Labute approximate surface area is 131 Å². The first-order valence-corrected chi connectivity index (χ1v) is 7.09. The van der Waals surface area contributed by atoms with Gasteiger partial charge in [0.2, 0.25) is 0 Å². The number of carbonyl (C=O) groups is 1. The van der Waals surface area contributed by atoms with E-state index in [1.54, 1.807) is 0 Å². The van der Waals surface area contributed by atoms with Crippen LogP contribution in [-0.4, -0.2) is 16.9 Å². The second-order valence-corrected chi connectivity index (χ2v) is 5.06. The number of amides is 1. The Morgan fingerprint density at radius 2 is 1.91 bits per heavy atom. The number of anilines is 2. The second kappa shape index (κ2) is 7.13. The van der Waals surface area contributed by atoms with E-state index >= 15 is 0 Å². The number of nitrogens with zero attached hydrogens (tertiary/aromatic N) is 1. The van der Waals surface area contributed by atoms with Gasteiger partial charge in [-0.2, -0.15) is 0 Å². The summed E-state index contributed by atoms with van der Waals surface area (Å²) in [5.74, 6) is -4.44. The summed E-state index contributed by atoms with van der Waals surface area (Å²) in [4.78, 5) is 15.8. The van der Waals surface area contributed by atoms with Gasteiger partial charge in [-0.15, -0.1) is 0 Å². The van der Waals surface area contributed by atoms with Crippen molar-refractivity contribution in [1.29, 1.82) is 0 Å². The van der Waals surface area contributed by atoms with Crippen LogP contribution in [0.2, 0.25) is 0 Å². The Balaban J connectivity index is 2.12. The predicted molar refractivity (Wildman–Crippen MR) is 81.1 cm³/mol. The lowest BCUT2D eigenvalue weighted by molar-refractivity contribution is 0.0934. The topological polar surface area (TPSA) is 54.0 Å². The van der Waals surface area contributed by atoms with Crippen LogP contribution >= 0.6 is 0 Å². The number of benzene rings is 1. The summed E-state index contributed by atoms with van der Waals surface area (Å²) in [5, 5.41) is 5.35. The second-order valence-electron chi connectivity index (χ2n) is 5.06. The molecule has 0 aliphatic rings. The Kier molecular flexibility index (Phi) is 5.20.